The molecular weight excluding hydrogens is 234 g/mol. The number of hydrogen-bond donors (Lipinski definition) is 2. The van der Waals surface area contributed by atoms with Crippen molar-refractivity contribution >= 4 is 17.2 Å². The molecule has 1 amide bonds. The van der Waals surface area contributed by atoms with Crippen LogP contribution in [-0.2, 0) is 4.79 Å². The number of nitrogens with two attached hydrogens (primary N) is 1. The normalized spacial score (nSPS) is 16.2. The summed E-state index contributed by atoms with van der Waals surface area (Å²) in [5.74, 6) is 0.0181. The van der Waals surface area contributed by atoms with Crippen molar-refractivity contribution < 1.29 is 4.79 Å². The Labute approximate surface area is 107 Å². The van der Waals surface area contributed by atoms with Crippen LogP contribution in [0.5, 0.6) is 0 Å². The molecule has 17 heavy (non-hydrogen) atoms. The van der Waals surface area contributed by atoms with E-state index in [9.17, 15) is 4.79 Å². The van der Waals surface area contributed by atoms with Gasteiger partial charge in [0.2, 0.25) is 5.91 Å². The summed E-state index contributed by atoms with van der Waals surface area (Å²) in [4.78, 5) is 16.4. The van der Waals surface area contributed by atoms with Gasteiger partial charge in [0.05, 0.1) is 11.5 Å². The van der Waals surface area contributed by atoms with Crippen molar-refractivity contribution in [1.82, 2.24) is 10.3 Å². The van der Waals surface area contributed by atoms with Gasteiger partial charge >= 0.3 is 0 Å². The second-order valence-electron chi connectivity index (χ2n) is 4.42. The predicted molar refractivity (Wildman–Crippen MR) is 70.7 cm³/mol. The molecule has 0 fully saturated rings. The standard InChI is InChI=1S/C12H21N3OS/c1-4-9(10-14-6-7-17-10)15-11(16)12(3,5-2)8-13/h6-7,9H,4-5,8,13H2,1-3H3,(H,15,16). The van der Waals surface area contributed by atoms with Crippen LogP contribution in [0.2, 0.25) is 0 Å². The van der Waals surface area contributed by atoms with E-state index in [0.717, 1.165) is 17.8 Å². The van der Waals surface area contributed by atoms with Crippen LogP contribution < -0.4 is 11.1 Å². The van der Waals surface area contributed by atoms with Crippen molar-refractivity contribution in [3.8, 4) is 0 Å². The lowest BCUT2D eigenvalue weighted by Crippen LogP contribution is -2.44. The minimum Gasteiger partial charge on any atom is -0.346 e. The first-order chi connectivity index (χ1) is 8.07. The van der Waals surface area contributed by atoms with Crippen LogP contribution in [0.25, 0.3) is 0 Å². The van der Waals surface area contributed by atoms with E-state index in [1.54, 1.807) is 17.5 Å². The van der Waals surface area contributed by atoms with Crippen LogP contribution in [-0.4, -0.2) is 17.4 Å². The van der Waals surface area contributed by atoms with Crippen molar-refractivity contribution in [2.75, 3.05) is 6.54 Å². The zero-order valence-electron chi connectivity index (χ0n) is 10.7. The molecule has 0 aromatic carbocycles. The molecule has 1 heterocycles. The Hall–Kier alpha value is -0.940. The molecule has 1 rings (SSSR count). The smallest absolute Gasteiger partial charge is 0.227 e. The van der Waals surface area contributed by atoms with E-state index in [2.05, 4.69) is 10.3 Å². The second-order valence-corrected chi connectivity index (χ2v) is 5.35. The van der Waals surface area contributed by atoms with Crippen molar-refractivity contribution in [2.45, 2.75) is 39.7 Å². The molecule has 0 saturated carbocycles. The molecule has 3 N–H and O–H groups in total. The molecule has 0 spiro atoms. The van der Waals surface area contributed by atoms with Gasteiger partial charge in [-0.15, -0.1) is 11.3 Å². The number of aromatic nitrogens is 1. The molecule has 5 heteroatoms. The van der Waals surface area contributed by atoms with Crippen LogP contribution in [0, 0.1) is 5.41 Å². The Bertz CT molecular complexity index is 347. The van der Waals surface area contributed by atoms with Gasteiger partial charge in [0.25, 0.3) is 0 Å². The van der Waals surface area contributed by atoms with E-state index in [1.807, 2.05) is 26.2 Å². The van der Waals surface area contributed by atoms with Crippen LogP contribution in [0.15, 0.2) is 11.6 Å². The zero-order chi connectivity index (χ0) is 12.9. The quantitative estimate of drug-likeness (QED) is 0.818. The first-order valence-corrected chi connectivity index (χ1v) is 6.85. The molecule has 0 aliphatic rings. The number of nitrogens with zero attached hydrogens (tertiary/aromatic N) is 1. The fraction of sp³-hybridized carbons (Fsp3) is 0.667. The highest BCUT2D eigenvalue weighted by Gasteiger charge is 2.31. The number of amides is 1. The summed E-state index contributed by atoms with van der Waals surface area (Å²) in [5.41, 5.74) is 5.20. The van der Waals surface area contributed by atoms with E-state index in [1.165, 1.54) is 0 Å². The lowest BCUT2D eigenvalue weighted by Gasteiger charge is -2.27. The molecule has 0 radical (unpaired) electrons. The van der Waals surface area contributed by atoms with E-state index in [4.69, 9.17) is 5.73 Å². The van der Waals surface area contributed by atoms with Crippen LogP contribution in [0.1, 0.15) is 44.7 Å². The lowest BCUT2D eigenvalue weighted by atomic mass is 9.86. The number of rotatable bonds is 6. The van der Waals surface area contributed by atoms with E-state index in [-0.39, 0.29) is 11.9 Å². The van der Waals surface area contributed by atoms with Gasteiger partial charge in [-0.05, 0) is 19.8 Å². The van der Waals surface area contributed by atoms with Gasteiger partial charge in [-0.2, -0.15) is 0 Å². The van der Waals surface area contributed by atoms with Crippen LogP contribution in [0.3, 0.4) is 0 Å². The number of carbonyl (C=O) groups excluding carboxylic acids is 1. The van der Waals surface area contributed by atoms with Gasteiger partial charge in [0, 0.05) is 18.1 Å². The number of thiazole rings is 1. The zero-order valence-corrected chi connectivity index (χ0v) is 11.5. The monoisotopic (exact) mass is 255 g/mol. The Morgan fingerprint density at radius 1 is 1.65 bits per heavy atom. The van der Waals surface area contributed by atoms with Crippen molar-refractivity contribution in [1.29, 1.82) is 0 Å². The van der Waals surface area contributed by atoms with Crippen LogP contribution in [0.4, 0.5) is 0 Å². The van der Waals surface area contributed by atoms with E-state index in [0.29, 0.717) is 6.54 Å². The number of carbonyl (C=O) groups is 1. The summed E-state index contributed by atoms with van der Waals surface area (Å²) in [6.45, 7) is 6.29. The number of hydrogen-bond acceptors (Lipinski definition) is 4. The topological polar surface area (TPSA) is 68.0 Å². The molecule has 1 aromatic heterocycles. The largest absolute Gasteiger partial charge is 0.346 e. The fourth-order valence-electron chi connectivity index (χ4n) is 1.48. The highest BCUT2D eigenvalue weighted by molar-refractivity contribution is 7.09. The first-order valence-electron chi connectivity index (χ1n) is 5.97. The molecule has 2 unspecified atom stereocenters. The summed E-state index contributed by atoms with van der Waals surface area (Å²) in [7, 11) is 0. The van der Waals surface area contributed by atoms with Crippen molar-refractivity contribution in [2.24, 2.45) is 11.1 Å². The molecule has 1 aromatic rings. The Morgan fingerprint density at radius 3 is 2.76 bits per heavy atom. The number of nitrogens with one attached hydrogen (secondary N) is 1. The first kappa shape index (κ1) is 14.1. The minimum absolute atomic E-state index is 0.0000694. The van der Waals surface area contributed by atoms with E-state index >= 15 is 0 Å². The third kappa shape index (κ3) is 3.26. The lowest BCUT2D eigenvalue weighted by molar-refractivity contribution is -0.130. The molecule has 0 bridgehead atoms. The Morgan fingerprint density at radius 2 is 2.35 bits per heavy atom. The SMILES string of the molecule is CCC(NC(=O)C(C)(CC)CN)c1nccs1. The highest BCUT2D eigenvalue weighted by Crippen LogP contribution is 2.24. The van der Waals surface area contributed by atoms with Crippen molar-refractivity contribution in [3.05, 3.63) is 16.6 Å². The summed E-state index contributed by atoms with van der Waals surface area (Å²) >= 11 is 1.57. The molecule has 0 aliphatic heterocycles. The van der Waals surface area contributed by atoms with E-state index < -0.39 is 5.41 Å². The maximum absolute atomic E-state index is 12.2. The van der Waals surface area contributed by atoms with Gasteiger partial charge in [-0.1, -0.05) is 13.8 Å². The van der Waals surface area contributed by atoms with Gasteiger partial charge in [-0.3, -0.25) is 4.79 Å². The predicted octanol–water partition coefficient (Wildman–Crippen LogP) is 2.09. The summed E-state index contributed by atoms with van der Waals surface area (Å²) < 4.78 is 0. The Kier molecular flexibility index (Phi) is 5.08. The Balaban J connectivity index is 2.72. The second kappa shape index (κ2) is 6.12. The third-order valence-electron chi connectivity index (χ3n) is 3.24. The average molecular weight is 255 g/mol. The van der Waals surface area contributed by atoms with Gasteiger partial charge in [0.1, 0.15) is 5.01 Å². The molecule has 96 valence electrons. The minimum atomic E-state index is -0.481. The summed E-state index contributed by atoms with van der Waals surface area (Å²) in [6.07, 6.45) is 3.34. The maximum atomic E-state index is 12.2. The van der Waals surface area contributed by atoms with Gasteiger partial charge in [-0.25, -0.2) is 4.98 Å². The van der Waals surface area contributed by atoms with Gasteiger partial charge < -0.3 is 11.1 Å². The summed E-state index contributed by atoms with van der Waals surface area (Å²) in [6, 6.07) is -0.0000694. The highest BCUT2D eigenvalue weighted by atomic mass is 32.1. The summed E-state index contributed by atoms with van der Waals surface area (Å²) in [5, 5.41) is 5.92. The average Bonchev–Trinajstić information content (AvgIpc) is 2.88. The fourth-order valence-corrected chi connectivity index (χ4v) is 2.25. The maximum Gasteiger partial charge on any atom is 0.227 e. The van der Waals surface area contributed by atoms with Crippen LogP contribution >= 0.6 is 11.3 Å². The molecular formula is C12H21N3OS. The molecule has 2 atom stereocenters. The molecule has 0 aliphatic carbocycles. The molecule has 0 saturated heterocycles. The molecule has 4 nitrogen and oxygen atoms in total. The third-order valence-corrected chi connectivity index (χ3v) is 4.13. The van der Waals surface area contributed by atoms with Gasteiger partial charge in [0.15, 0.2) is 0 Å². The van der Waals surface area contributed by atoms with Crippen molar-refractivity contribution in [3.63, 3.8) is 0 Å².